The highest BCUT2D eigenvalue weighted by atomic mass is 16.1. The van der Waals surface area contributed by atoms with E-state index in [9.17, 15) is 4.79 Å². The maximum atomic E-state index is 11.9. The molecule has 3 N–H and O–H groups in total. The molecule has 1 aliphatic carbocycles. The second-order valence-electron chi connectivity index (χ2n) is 5.98. The highest BCUT2D eigenvalue weighted by Gasteiger charge is 2.25. The summed E-state index contributed by atoms with van der Waals surface area (Å²) < 4.78 is 0. The van der Waals surface area contributed by atoms with Crippen molar-refractivity contribution < 1.29 is 4.79 Å². The first-order chi connectivity index (χ1) is 9.69. The molecule has 0 heterocycles. The fourth-order valence-corrected chi connectivity index (χ4v) is 3.04. The second-order valence-corrected chi connectivity index (χ2v) is 5.98. The van der Waals surface area contributed by atoms with Gasteiger partial charge >= 0.3 is 0 Å². The molecule has 20 heavy (non-hydrogen) atoms. The minimum atomic E-state index is 0.160. The molecule has 0 bridgehead atoms. The summed E-state index contributed by atoms with van der Waals surface area (Å²) >= 11 is 0. The van der Waals surface area contributed by atoms with E-state index in [1.54, 1.807) is 0 Å². The Morgan fingerprint density at radius 3 is 2.65 bits per heavy atom. The van der Waals surface area contributed by atoms with E-state index in [1.807, 2.05) is 0 Å². The summed E-state index contributed by atoms with van der Waals surface area (Å²) in [6, 6.07) is 8.39. The number of carbonyl (C=O) groups excluding carboxylic acids is 1. The van der Waals surface area contributed by atoms with E-state index in [-0.39, 0.29) is 5.91 Å². The Labute approximate surface area is 121 Å². The van der Waals surface area contributed by atoms with Crippen molar-refractivity contribution in [2.45, 2.75) is 39.0 Å². The molecule has 3 nitrogen and oxygen atoms in total. The first-order valence-corrected chi connectivity index (χ1v) is 7.71. The summed E-state index contributed by atoms with van der Waals surface area (Å²) in [4.78, 5) is 11.9. The molecule has 0 saturated heterocycles. The summed E-state index contributed by atoms with van der Waals surface area (Å²) in [5.41, 5.74) is 8.25. The number of benzene rings is 1. The van der Waals surface area contributed by atoms with Gasteiger partial charge in [0.15, 0.2) is 0 Å². The van der Waals surface area contributed by atoms with Crippen molar-refractivity contribution in [2.75, 3.05) is 13.1 Å². The Morgan fingerprint density at radius 1 is 1.25 bits per heavy atom. The van der Waals surface area contributed by atoms with Crippen LogP contribution in [0, 0.1) is 18.8 Å². The number of nitrogens with one attached hydrogen (secondary N) is 1. The van der Waals surface area contributed by atoms with Crippen LogP contribution in [0.2, 0.25) is 0 Å². The molecule has 1 amide bonds. The van der Waals surface area contributed by atoms with Crippen LogP contribution in [0.4, 0.5) is 0 Å². The molecule has 110 valence electrons. The van der Waals surface area contributed by atoms with Gasteiger partial charge < -0.3 is 11.1 Å². The molecule has 3 heteroatoms. The van der Waals surface area contributed by atoms with E-state index in [0.717, 1.165) is 19.5 Å². The van der Waals surface area contributed by atoms with Gasteiger partial charge in [0.25, 0.3) is 0 Å². The first kappa shape index (κ1) is 15.0. The summed E-state index contributed by atoms with van der Waals surface area (Å²) in [5, 5.41) is 3.08. The van der Waals surface area contributed by atoms with Crippen molar-refractivity contribution >= 4 is 5.91 Å². The Balaban J connectivity index is 1.69. The number of nitrogens with two attached hydrogens (primary N) is 1. The van der Waals surface area contributed by atoms with Gasteiger partial charge in [-0.2, -0.15) is 0 Å². The van der Waals surface area contributed by atoms with Crippen molar-refractivity contribution in [2.24, 2.45) is 17.6 Å². The molecule has 1 fully saturated rings. The van der Waals surface area contributed by atoms with Crippen LogP contribution in [-0.4, -0.2) is 19.0 Å². The Morgan fingerprint density at radius 2 is 1.95 bits per heavy atom. The normalized spacial score (nSPS) is 21.9. The fourth-order valence-electron chi connectivity index (χ4n) is 3.04. The van der Waals surface area contributed by atoms with Gasteiger partial charge in [-0.05, 0) is 50.1 Å². The maximum Gasteiger partial charge on any atom is 0.220 e. The van der Waals surface area contributed by atoms with Crippen molar-refractivity contribution in [1.82, 2.24) is 5.32 Å². The molecule has 0 radical (unpaired) electrons. The van der Waals surface area contributed by atoms with Gasteiger partial charge in [0.1, 0.15) is 0 Å². The third-order valence-electron chi connectivity index (χ3n) is 4.44. The van der Waals surface area contributed by atoms with Crippen LogP contribution in [0.25, 0.3) is 0 Å². The number of carbonyl (C=O) groups is 1. The summed E-state index contributed by atoms with van der Waals surface area (Å²) in [7, 11) is 0. The third-order valence-corrected chi connectivity index (χ3v) is 4.44. The molecule has 2 unspecified atom stereocenters. The second kappa shape index (κ2) is 7.44. The zero-order chi connectivity index (χ0) is 14.4. The molecule has 0 spiro atoms. The van der Waals surface area contributed by atoms with Crippen LogP contribution in [0.5, 0.6) is 0 Å². The molecule has 0 aliphatic heterocycles. The highest BCUT2D eigenvalue weighted by Crippen LogP contribution is 2.30. The lowest BCUT2D eigenvalue weighted by molar-refractivity contribution is -0.121. The largest absolute Gasteiger partial charge is 0.356 e. The molecule has 2 rings (SSSR count). The van der Waals surface area contributed by atoms with Gasteiger partial charge in [-0.15, -0.1) is 0 Å². The van der Waals surface area contributed by atoms with E-state index in [0.29, 0.717) is 18.3 Å². The minimum Gasteiger partial charge on any atom is -0.356 e. The van der Waals surface area contributed by atoms with Crippen molar-refractivity contribution in [3.63, 3.8) is 0 Å². The van der Waals surface area contributed by atoms with Crippen LogP contribution in [-0.2, 0) is 11.2 Å². The SMILES string of the molecule is Cc1ccc(CCC(=O)NCC2CCCC2CN)cc1. The Hall–Kier alpha value is -1.35. The van der Waals surface area contributed by atoms with Gasteiger partial charge in [-0.25, -0.2) is 0 Å². The van der Waals surface area contributed by atoms with Crippen LogP contribution in [0.15, 0.2) is 24.3 Å². The molecule has 1 aromatic rings. The average molecular weight is 274 g/mol. The van der Waals surface area contributed by atoms with Crippen molar-refractivity contribution in [3.05, 3.63) is 35.4 Å². The molecule has 2 atom stereocenters. The lowest BCUT2D eigenvalue weighted by Crippen LogP contribution is -2.32. The zero-order valence-electron chi connectivity index (χ0n) is 12.4. The number of rotatable bonds is 6. The molecular formula is C17H26N2O. The van der Waals surface area contributed by atoms with Crippen LogP contribution in [0.1, 0.15) is 36.8 Å². The van der Waals surface area contributed by atoms with Crippen LogP contribution < -0.4 is 11.1 Å². The van der Waals surface area contributed by atoms with E-state index < -0.39 is 0 Å². The molecule has 1 aromatic carbocycles. The molecular weight excluding hydrogens is 248 g/mol. The monoisotopic (exact) mass is 274 g/mol. The number of hydrogen-bond acceptors (Lipinski definition) is 2. The zero-order valence-corrected chi connectivity index (χ0v) is 12.4. The first-order valence-electron chi connectivity index (χ1n) is 7.71. The van der Waals surface area contributed by atoms with Gasteiger partial charge in [0, 0.05) is 13.0 Å². The lowest BCUT2D eigenvalue weighted by Gasteiger charge is -2.18. The summed E-state index contributed by atoms with van der Waals surface area (Å²) in [5.74, 6) is 1.35. The molecule has 1 saturated carbocycles. The molecule has 0 aromatic heterocycles. The topological polar surface area (TPSA) is 55.1 Å². The Bertz CT molecular complexity index is 427. The van der Waals surface area contributed by atoms with Gasteiger partial charge in [-0.1, -0.05) is 36.2 Å². The lowest BCUT2D eigenvalue weighted by atomic mass is 9.96. The smallest absolute Gasteiger partial charge is 0.220 e. The van der Waals surface area contributed by atoms with E-state index in [4.69, 9.17) is 5.73 Å². The predicted octanol–water partition coefficient (Wildman–Crippen LogP) is 2.42. The standard InChI is InChI=1S/C17H26N2O/c1-13-5-7-14(8-6-13)9-10-17(20)19-12-16-4-2-3-15(16)11-18/h5-8,15-16H,2-4,9-12,18H2,1H3,(H,19,20). The van der Waals surface area contributed by atoms with E-state index in [1.165, 1.54) is 30.4 Å². The number of hydrogen-bond donors (Lipinski definition) is 2. The maximum absolute atomic E-state index is 11.9. The quantitative estimate of drug-likeness (QED) is 0.837. The van der Waals surface area contributed by atoms with E-state index in [2.05, 4.69) is 36.5 Å². The van der Waals surface area contributed by atoms with Gasteiger partial charge in [0.2, 0.25) is 5.91 Å². The highest BCUT2D eigenvalue weighted by molar-refractivity contribution is 5.76. The fraction of sp³-hybridized carbons (Fsp3) is 0.588. The van der Waals surface area contributed by atoms with Gasteiger partial charge in [-0.3, -0.25) is 4.79 Å². The van der Waals surface area contributed by atoms with Crippen LogP contribution in [0.3, 0.4) is 0 Å². The molecule has 1 aliphatic rings. The minimum absolute atomic E-state index is 0.160. The summed E-state index contributed by atoms with van der Waals surface area (Å²) in [6.07, 6.45) is 5.08. The predicted molar refractivity (Wildman–Crippen MR) is 82.4 cm³/mol. The third kappa shape index (κ3) is 4.34. The van der Waals surface area contributed by atoms with Crippen molar-refractivity contribution in [1.29, 1.82) is 0 Å². The van der Waals surface area contributed by atoms with E-state index >= 15 is 0 Å². The summed E-state index contributed by atoms with van der Waals surface area (Å²) in [6.45, 7) is 3.63. The van der Waals surface area contributed by atoms with Crippen molar-refractivity contribution in [3.8, 4) is 0 Å². The average Bonchev–Trinajstić information content (AvgIpc) is 2.92. The van der Waals surface area contributed by atoms with Gasteiger partial charge in [0.05, 0.1) is 0 Å². The Kier molecular flexibility index (Phi) is 5.60. The number of amides is 1. The number of aryl methyl sites for hydroxylation is 2. The van der Waals surface area contributed by atoms with Crippen LogP contribution >= 0.6 is 0 Å².